The van der Waals surface area contributed by atoms with Gasteiger partial charge in [-0.25, -0.2) is 22.6 Å². The van der Waals surface area contributed by atoms with Crippen LogP contribution in [0, 0.1) is 32.4 Å². The number of benzene rings is 3. The lowest BCUT2D eigenvalue weighted by Gasteiger charge is -2.24. The summed E-state index contributed by atoms with van der Waals surface area (Å²) in [5, 5.41) is 3.99. The summed E-state index contributed by atoms with van der Waals surface area (Å²) >= 11 is 0. The molecular weight excluding hydrogens is 510 g/mol. The van der Waals surface area contributed by atoms with Crippen LogP contribution in [0.25, 0.3) is 5.69 Å². The zero-order valence-corrected chi connectivity index (χ0v) is 21.8. The molecule has 0 aliphatic carbocycles. The van der Waals surface area contributed by atoms with E-state index in [9.17, 15) is 22.0 Å². The van der Waals surface area contributed by atoms with Crippen LogP contribution in [-0.4, -0.2) is 31.7 Å². The highest BCUT2D eigenvalue weighted by molar-refractivity contribution is 7.92. The van der Waals surface area contributed by atoms with Gasteiger partial charge in [0.05, 0.1) is 16.8 Å². The van der Waals surface area contributed by atoms with Gasteiger partial charge in [-0.1, -0.05) is 29.8 Å². The number of halogens is 2. The first-order valence-corrected chi connectivity index (χ1v) is 13.1. The smallest absolute Gasteiger partial charge is 0.264 e. The maximum Gasteiger partial charge on any atom is 0.264 e. The summed E-state index contributed by atoms with van der Waals surface area (Å²) < 4.78 is 57.4. The molecule has 1 N–H and O–H groups in total. The number of para-hydroxylation sites is 1. The van der Waals surface area contributed by atoms with E-state index >= 15 is 0 Å². The van der Waals surface area contributed by atoms with Crippen molar-refractivity contribution in [3.05, 3.63) is 113 Å². The fourth-order valence-electron chi connectivity index (χ4n) is 4.04. The van der Waals surface area contributed by atoms with Crippen LogP contribution in [0.15, 0.2) is 88.9 Å². The average Bonchev–Trinajstić information content (AvgIpc) is 3.16. The van der Waals surface area contributed by atoms with Crippen LogP contribution in [0.3, 0.4) is 0 Å². The molecule has 1 heterocycles. The van der Waals surface area contributed by atoms with Crippen molar-refractivity contribution in [2.24, 2.45) is 5.10 Å². The van der Waals surface area contributed by atoms with Crippen LogP contribution in [0.5, 0.6) is 0 Å². The molecule has 0 unspecified atom stereocenters. The maximum atomic E-state index is 14.6. The first-order valence-electron chi connectivity index (χ1n) is 11.7. The molecule has 3 aromatic carbocycles. The first kappa shape index (κ1) is 26.7. The van der Waals surface area contributed by atoms with Gasteiger partial charge in [0.2, 0.25) is 0 Å². The molecule has 0 radical (unpaired) electrons. The van der Waals surface area contributed by atoms with Gasteiger partial charge in [0, 0.05) is 22.6 Å². The Kier molecular flexibility index (Phi) is 7.72. The Morgan fingerprint density at radius 1 is 0.974 bits per heavy atom. The number of nitrogens with zero attached hydrogens (tertiary/aromatic N) is 3. The van der Waals surface area contributed by atoms with E-state index in [0.29, 0.717) is 5.56 Å². The molecule has 0 fully saturated rings. The molecule has 4 aromatic rings. The van der Waals surface area contributed by atoms with Crippen molar-refractivity contribution in [3.8, 4) is 5.69 Å². The predicted molar refractivity (Wildman–Crippen MR) is 143 cm³/mol. The third-order valence-corrected chi connectivity index (χ3v) is 7.74. The number of nitrogens with one attached hydrogen (secondary N) is 1. The molecule has 0 atom stereocenters. The fraction of sp³-hybridized carbons (Fsp3) is 0.143. The van der Waals surface area contributed by atoms with Gasteiger partial charge in [-0.2, -0.15) is 5.10 Å². The van der Waals surface area contributed by atoms with Crippen LogP contribution in [0.4, 0.5) is 14.5 Å². The summed E-state index contributed by atoms with van der Waals surface area (Å²) in [7, 11) is -4.26. The molecule has 10 heteroatoms. The van der Waals surface area contributed by atoms with E-state index in [1.807, 2.05) is 31.4 Å². The summed E-state index contributed by atoms with van der Waals surface area (Å²) in [5.41, 5.74) is 6.08. The monoisotopic (exact) mass is 536 g/mol. The number of aromatic nitrogens is 1. The number of rotatable bonds is 8. The Morgan fingerprint density at radius 2 is 1.63 bits per heavy atom. The highest BCUT2D eigenvalue weighted by atomic mass is 32.2. The Labute approximate surface area is 220 Å². The molecule has 1 aromatic heterocycles. The normalized spacial score (nSPS) is 11.6. The van der Waals surface area contributed by atoms with E-state index in [1.165, 1.54) is 48.7 Å². The first-order chi connectivity index (χ1) is 18.1. The lowest BCUT2D eigenvalue weighted by atomic mass is 10.2. The zero-order chi connectivity index (χ0) is 27.4. The topological polar surface area (TPSA) is 83.8 Å². The number of carbonyl (C=O) groups excluding carboxylic acids is 1. The van der Waals surface area contributed by atoms with Gasteiger partial charge in [-0.05, 0) is 75.4 Å². The second-order valence-corrected chi connectivity index (χ2v) is 10.6. The van der Waals surface area contributed by atoms with E-state index in [0.717, 1.165) is 33.0 Å². The lowest BCUT2D eigenvalue weighted by Crippen LogP contribution is -2.40. The van der Waals surface area contributed by atoms with Crippen molar-refractivity contribution in [3.63, 3.8) is 0 Å². The molecule has 0 bridgehead atoms. The molecule has 38 heavy (non-hydrogen) atoms. The zero-order valence-electron chi connectivity index (χ0n) is 21.0. The predicted octanol–water partition coefficient (Wildman–Crippen LogP) is 5.03. The van der Waals surface area contributed by atoms with Crippen molar-refractivity contribution < 1.29 is 22.0 Å². The summed E-state index contributed by atoms with van der Waals surface area (Å²) in [6.07, 6.45) is 1.43. The SMILES string of the molecule is Cc1ccc(S(=O)(=O)N(CC(=O)N/N=C\c2cc(C)n(-c3ccc(F)cc3)c2C)c2ccccc2F)cc1. The second kappa shape index (κ2) is 11.0. The van der Waals surface area contributed by atoms with Gasteiger partial charge in [0.25, 0.3) is 15.9 Å². The van der Waals surface area contributed by atoms with E-state index in [1.54, 1.807) is 24.3 Å². The number of aryl methyl sites for hydroxylation is 2. The summed E-state index contributed by atoms with van der Waals surface area (Å²) in [6, 6.07) is 19.3. The third-order valence-electron chi connectivity index (χ3n) is 5.97. The minimum Gasteiger partial charge on any atom is -0.318 e. The standard InChI is InChI=1S/C28H26F2N4O3S/c1-19-8-14-25(15-9-19)38(36,37)33(27-7-5-4-6-26(27)30)18-28(35)32-31-17-22-16-20(2)34(21(22)3)24-12-10-23(29)11-13-24/h4-17H,18H2,1-3H3,(H,32,35)/b31-17-. The Balaban J connectivity index is 1.56. The third kappa shape index (κ3) is 5.65. The Bertz CT molecular complexity index is 1600. The highest BCUT2D eigenvalue weighted by Gasteiger charge is 2.29. The van der Waals surface area contributed by atoms with Crippen LogP contribution < -0.4 is 9.73 Å². The summed E-state index contributed by atoms with van der Waals surface area (Å²) in [5.74, 6) is -1.88. The molecule has 0 saturated carbocycles. The van der Waals surface area contributed by atoms with Crippen LogP contribution in [0.2, 0.25) is 0 Å². The van der Waals surface area contributed by atoms with Gasteiger partial charge in [0.15, 0.2) is 0 Å². The molecule has 1 amide bonds. The number of hydrogen-bond acceptors (Lipinski definition) is 4. The number of carbonyl (C=O) groups is 1. The molecule has 0 saturated heterocycles. The number of sulfonamides is 1. The van der Waals surface area contributed by atoms with Gasteiger partial charge in [-0.15, -0.1) is 0 Å². The molecule has 0 aliphatic rings. The molecule has 0 aliphatic heterocycles. The van der Waals surface area contributed by atoms with E-state index < -0.39 is 28.3 Å². The van der Waals surface area contributed by atoms with E-state index in [2.05, 4.69) is 10.5 Å². The van der Waals surface area contributed by atoms with Gasteiger partial charge in [0.1, 0.15) is 18.2 Å². The summed E-state index contributed by atoms with van der Waals surface area (Å²) in [6.45, 7) is 4.86. The van der Waals surface area contributed by atoms with Crippen molar-refractivity contribution in [1.82, 2.24) is 9.99 Å². The van der Waals surface area contributed by atoms with Crippen molar-refractivity contribution in [2.75, 3.05) is 10.8 Å². The largest absolute Gasteiger partial charge is 0.318 e. The number of amides is 1. The molecule has 7 nitrogen and oxygen atoms in total. The fourth-order valence-corrected chi connectivity index (χ4v) is 5.47. The van der Waals surface area contributed by atoms with Crippen LogP contribution in [-0.2, 0) is 14.8 Å². The van der Waals surface area contributed by atoms with Gasteiger partial charge >= 0.3 is 0 Å². The van der Waals surface area contributed by atoms with Gasteiger partial charge in [-0.3, -0.25) is 9.10 Å². The van der Waals surface area contributed by atoms with Crippen molar-refractivity contribution >= 4 is 27.8 Å². The minimum atomic E-state index is -4.26. The lowest BCUT2D eigenvalue weighted by molar-refractivity contribution is -0.119. The quantitative estimate of drug-likeness (QED) is 0.253. The number of hydrogen-bond donors (Lipinski definition) is 1. The Hall–Kier alpha value is -4.31. The molecule has 196 valence electrons. The molecular formula is C28H26F2N4O3S. The molecule has 4 rings (SSSR count). The van der Waals surface area contributed by atoms with Gasteiger partial charge < -0.3 is 4.57 Å². The average molecular weight is 537 g/mol. The Morgan fingerprint density at radius 3 is 2.29 bits per heavy atom. The van der Waals surface area contributed by atoms with E-state index in [4.69, 9.17) is 0 Å². The number of hydrazone groups is 1. The molecule has 0 spiro atoms. The highest BCUT2D eigenvalue weighted by Crippen LogP contribution is 2.26. The number of anilines is 1. The second-order valence-electron chi connectivity index (χ2n) is 8.71. The van der Waals surface area contributed by atoms with Crippen LogP contribution in [0.1, 0.15) is 22.5 Å². The van der Waals surface area contributed by atoms with Crippen molar-refractivity contribution in [2.45, 2.75) is 25.7 Å². The van der Waals surface area contributed by atoms with E-state index in [-0.39, 0.29) is 16.4 Å². The van der Waals surface area contributed by atoms with Crippen LogP contribution >= 0.6 is 0 Å². The minimum absolute atomic E-state index is 0.0733. The summed E-state index contributed by atoms with van der Waals surface area (Å²) in [4.78, 5) is 12.7. The maximum absolute atomic E-state index is 14.6. The van der Waals surface area contributed by atoms with Crippen molar-refractivity contribution in [1.29, 1.82) is 0 Å².